The molecule has 1 saturated heterocycles. The Hall–Kier alpha value is -3.03. The molecular weight excluding hydrogens is 354 g/mol. The lowest BCUT2D eigenvalue weighted by Crippen LogP contribution is -2.35. The normalized spacial score (nSPS) is 14.7. The molecule has 1 aliphatic rings. The third kappa shape index (κ3) is 4.62. The average Bonchev–Trinajstić information content (AvgIpc) is 3.29. The van der Waals surface area contributed by atoms with Gasteiger partial charge >= 0.3 is 0 Å². The number of benzene rings is 2. The summed E-state index contributed by atoms with van der Waals surface area (Å²) >= 11 is 0. The maximum atomic E-state index is 12.4. The molecule has 1 amide bonds. The monoisotopic (exact) mass is 377 g/mol. The van der Waals surface area contributed by atoms with E-state index in [9.17, 15) is 4.79 Å². The minimum absolute atomic E-state index is 0.0949. The molecule has 1 aliphatic heterocycles. The van der Waals surface area contributed by atoms with Crippen LogP contribution in [0, 0.1) is 0 Å². The summed E-state index contributed by atoms with van der Waals surface area (Å²) in [7, 11) is 0. The molecule has 7 nitrogen and oxygen atoms in total. The van der Waals surface area contributed by atoms with Crippen LogP contribution < -0.4 is 5.32 Å². The topological polar surface area (TPSA) is 72.3 Å². The van der Waals surface area contributed by atoms with E-state index in [2.05, 4.69) is 44.6 Å². The Bertz CT molecular complexity index is 886. The van der Waals surface area contributed by atoms with Gasteiger partial charge in [-0.1, -0.05) is 24.3 Å². The van der Waals surface area contributed by atoms with Gasteiger partial charge in [0.1, 0.15) is 12.7 Å². The van der Waals surface area contributed by atoms with Crippen molar-refractivity contribution in [3.05, 3.63) is 77.9 Å². The number of carbonyl (C=O) groups excluding carboxylic acids is 1. The molecule has 3 aromatic rings. The van der Waals surface area contributed by atoms with Crippen molar-refractivity contribution in [3.8, 4) is 5.69 Å². The zero-order valence-electron chi connectivity index (χ0n) is 15.6. The van der Waals surface area contributed by atoms with Gasteiger partial charge in [-0.2, -0.15) is 5.10 Å². The van der Waals surface area contributed by atoms with Crippen LogP contribution in [0.25, 0.3) is 5.69 Å². The van der Waals surface area contributed by atoms with E-state index in [1.165, 1.54) is 11.9 Å². The van der Waals surface area contributed by atoms with Gasteiger partial charge in [-0.25, -0.2) is 9.67 Å². The maximum absolute atomic E-state index is 12.4. The highest BCUT2D eigenvalue weighted by Gasteiger charge is 2.11. The molecule has 0 bridgehead atoms. The summed E-state index contributed by atoms with van der Waals surface area (Å²) in [4.78, 5) is 18.7. The molecule has 0 saturated carbocycles. The van der Waals surface area contributed by atoms with E-state index >= 15 is 0 Å². The Morgan fingerprint density at radius 3 is 2.39 bits per heavy atom. The van der Waals surface area contributed by atoms with Gasteiger partial charge in [0, 0.05) is 31.7 Å². The second-order valence-corrected chi connectivity index (χ2v) is 6.77. The van der Waals surface area contributed by atoms with Gasteiger partial charge in [-0.3, -0.25) is 9.69 Å². The van der Waals surface area contributed by atoms with Crippen molar-refractivity contribution in [2.45, 2.75) is 13.1 Å². The van der Waals surface area contributed by atoms with Crippen LogP contribution in [0.2, 0.25) is 0 Å². The van der Waals surface area contributed by atoms with Crippen molar-refractivity contribution in [2.75, 3.05) is 26.3 Å². The fourth-order valence-corrected chi connectivity index (χ4v) is 3.17. The Morgan fingerprint density at radius 1 is 1.00 bits per heavy atom. The van der Waals surface area contributed by atoms with Crippen LogP contribution in [-0.2, 0) is 17.8 Å². The first-order valence-corrected chi connectivity index (χ1v) is 9.39. The molecule has 0 radical (unpaired) electrons. The van der Waals surface area contributed by atoms with Crippen LogP contribution >= 0.6 is 0 Å². The quantitative estimate of drug-likeness (QED) is 0.712. The largest absolute Gasteiger partial charge is 0.379 e. The zero-order valence-corrected chi connectivity index (χ0v) is 15.6. The van der Waals surface area contributed by atoms with E-state index in [1.54, 1.807) is 23.1 Å². The van der Waals surface area contributed by atoms with Crippen molar-refractivity contribution >= 4 is 5.91 Å². The molecule has 2 heterocycles. The number of ether oxygens (including phenoxy) is 1. The minimum Gasteiger partial charge on any atom is -0.379 e. The number of nitrogens with zero attached hydrogens (tertiary/aromatic N) is 4. The number of carbonyl (C=O) groups is 1. The summed E-state index contributed by atoms with van der Waals surface area (Å²) in [6, 6.07) is 15.7. The third-order valence-electron chi connectivity index (χ3n) is 4.80. The molecule has 0 aliphatic carbocycles. The summed E-state index contributed by atoms with van der Waals surface area (Å²) in [6.45, 7) is 5.02. The lowest BCUT2D eigenvalue weighted by molar-refractivity contribution is 0.0342. The molecule has 7 heteroatoms. The summed E-state index contributed by atoms with van der Waals surface area (Å²) in [5.41, 5.74) is 3.84. The molecule has 1 aromatic heterocycles. The van der Waals surface area contributed by atoms with Gasteiger partial charge in [0.15, 0.2) is 0 Å². The van der Waals surface area contributed by atoms with Crippen LogP contribution in [0.15, 0.2) is 61.2 Å². The first kappa shape index (κ1) is 18.3. The summed E-state index contributed by atoms with van der Waals surface area (Å²) in [5.74, 6) is -0.0949. The highest BCUT2D eigenvalue weighted by molar-refractivity contribution is 5.94. The van der Waals surface area contributed by atoms with E-state index in [0.717, 1.165) is 44.1 Å². The van der Waals surface area contributed by atoms with E-state index in [0.29, 0.717) is 12.1 Å². The van der Waals surface area contributed by atoms with Gasteiger partial charge in [0.05, 0.1) is 18.9 Å². The average molecular weight is 377 g/mol. The van der Waals surface area contributed by atoms with Crippen molar-refractivity contribution in [1.29, 1.82) is 0 Å². The first-order chi connectivity index (χ1) is 13.8. The van der Waals surface area contributed by atoms with Crippen molar-refractivity contribution in [2.24, 2.45) is 0 Å². The van der Waals surface area contributed by atoms with E-state index in [-0.39, 0.29) is 5.91 Å². The SMILES string of the molecule is O=C(NCc1ccc(CN2CCOCC2)cc1)c1ccc(-n2cncn2)cc1. The molecular formula is C21H23N5O2. The molecule has 2 aromatic carbocycles. The van der Waals surface area contributed by atoms with E-state index in [1.807, 2.05) is 12.1 Å². The molecule has 0 spiro atoms. The van der Waals surface area contributed by atoms with E-state index in [4.69, 9.17) is 4.74 Å². The summed E-state index contributed by atoms with van der Waals surface area (Å²) < 4.78 is 7.04. The minimum atomic E-state index is -0.0949. The number of morpholine rings is 1. The van der Waals surface area contributed by atoms with Crippen LogP contribution in [0.5, 0.6) is 0 Å². The van der Waals surface area contributed by atoms with E-state index < -0.39 is 0 Å². The molecule has 0 unspecified atom stereocenters. The first-order valence-electron chi connectivity index (χ1n) is 9.39. The van der Waals surface area contributed by atoms with Gasteiger partial charge in [-0.15, -0.1) is 0 Å². The molecule has 1 N–H and O–H groups in total. The van der Waals surface area contributed by atoms with Crippen LogP contribution in [0.4, 0.5) is 0 Å². The van der Waals surface area contributed by atoms with Crippen molar-refractivity contribution in [1.82, 2.24) is 25.0 Å². The fourth-order valence-electron chi connectivity index (χ4n) is 3.17. The van der Waals surface area contributed by atoms with Crippen LogP contribution in [-0.4, -0.2) is 51.9 Å². The number of rotatable bonds is 6. The molecule has 28 heavy (non-hydrogen) atoms. The second-order valence-electron chi connectivity index (χ2n) is 6.77. The zero-order chi connectivity index (χ0) is 19.2. The highest BCUT2D eigenvalue weighted by Crippen LogP contribution is 2.11. The predicted octanol–water partition coefficient (Wildman–Crippen LogP) is 2.03. The van der Waals surface area contributed by atoms with Gasteiger partial charge in [-0.05, 0) is 35.4 Å². The summed E-state index contributed by atoms with van der Waals surface area (Å²) in [6.07, 6.45) is 3.10. The number of nitrogens with one attached hydrogen (secondary N) is 1. The van der Waals surface area contributed by atoms with Crippen LogP contribution in [0.1, 0.15) is 21.5 Å². The Balaban J connectivity index is 1.29. The standard InChI is InChI=1S/C21H23N5O2/c27-21(19-5-7-20(8-6-19)26-16-22-15-24-26)23-13-17-1-3-18(4-2-17)14-25-9-11-28-12-10-25/h1-8,15-16H,9-14H2,(H,23,27). The van der Waals surface area contributed by atoms with Crippen molar-refractivity contribution in [3.63, 3.8) is 0 Å². The lowest BCUT2D eigenvalue weighted by atomic mass is 10.1. The van der Waals surface area contributed by atoms with Gasteiger partial charge in [0.2, 0.25) is 0 Å². The Morgan fingerprint density at radius 2 is 1.71 bits per heavy atom. The van der Waals surface area contributed by atoms with Crippen molar-refractivity contribution < 1.29 is 9.53 Å². The van der Waals surface area contributed by atoms with Gasteiger partial charge < -0.3 is 10.1 Å². The number of hydrogen-bond donors (Lipinski definition) is 1. The number of hydrogen-bond acceptors (Lipinski definition) is 5. The summed E-state index contributed by atoms with van der Waals surface area (Å²) in [5, 5.41) is 7.05. The third-order valence-corrected chi connectivity index (χ3v) is 4.80. The Labute approximate surface area is 164 Å². The molecule has 0 atom stereocenters. The molecule has 1 fully saturated rings. The fraction of sp³-hybridized carbons (Fsp3) is 0.286. The Kier molecular flexibility index (Phi) is 5.75. The number of amides is 1. The maximum Gasteiger partial charge on any atom is 0.251 e. The molecule has 4 rings (SSSR count). The van der Waals surface area contributed by atoms with Crippen LogP contribution in [0.3, 0.4) is 0 Å². The predicted molar refractivity (Wildman–Crippen MR) is 105 cm³/mol. The lowest BCUT2D eigenvalue weighted by Gasteiger charge is -2.26. The van der Waals surface area contributed by atoms with Gasteiger partial charge in [0.25, 0.3) is 5.91 Å². The highest BCUT2D eigenvalue weighted by atomic mass is 16.5. The second kappa shape index (κ2) is 8.77. The molecule has 144 valence electrons. The number of aromatic nitrogens is 3. The smallest absolute Gasteiger partial charge is 0.251 e.